The van der Waals surface area contributed by atoms with Gasteiger partial charge in [0.25, 0.3) is 0 Å². The molecule has 0 aromatic carbocycles. The number of aldehydes is 1. The summed E-state index contributed by atoms with van der Waals surface area (Å²) in [5.74, 6) is 0.432. The van der Waals surface area contributed by atoms with Gasteiger partial charge in [-0.3, -0.25) is 4.79 Å². The third kappa shape index (κ3) is 2.13. The van der Waals surface area contributed by atoms with E-state index in [9.17, 15) is 4.79 Å². The standard InChI is InChI=1S/C10H13ClO2/c1-2-7-3-8(5-12)10(11)9(4-7)6-13/h5-7,12H,2-4H2,1H3. The Hall–Kier alpha value is -0.760. The Morgan fingerprint density at radius 1 is 1.62 bits per heavy atom. The molecule has 0 aromatic rings. The summed E-state index contributed by atoms with van der Waals surface area (Å²) in [6, 6.07) is 0. The molecule has 72 valence electrons. The molecule has 13 heavy (non-hydrogen) atoms. The lowest BCUT2D eigenvalue weighted by atomic mass is 9.85. The van der Waals surface area contributed by atoms with E-state index in [-0.39, 0.29) is 0 Å². The van der Waals surface area contributed by atoms with Gasteiger partial charge in [-0.1, -0.05) is 24.9 Å². The fourth-order valence-electron chi connectivity index (χ4n) is 1.58. The van der Waals surface area contributed by atoms with Crippen molar-refractivity contribution in [3.05, 3.63) is 22.4 Å². The average Bonchev–Trinajstić information content (AvgIpc) is 2.18. The molecule has 3 heteroatoms. The fraction of sp³-hybridized carbons (Fsp3) is 0.500. The minimum Gasteiger partial charge on any atom is -0.515 e. The van der Waals surface area contributed by atoms with Crippen LogP contribution in [0.2, 0.25) is 0 Å². The normalized spacial score (nSPS) is 26.6. The molecule has 1 unspecified atom stereocenters. The van der Waals surface area contributed by atoms with Crippen LogP contribution >= 0.6 is 11.6 Å². The number of allylic oxidation sites excluding steroid dienone is 3. The zero-order valence-electron chi connectivity index (χ0n) is 7.59. The van der Waals surface area contributed by atoms with Crippen molar-refractivity contribution >= 4 is 17.9 Å². The molecule has 0 aliphatic heterocycles. The Kier molecular flexibility index (Phi) is 3.55. The van der Waals surface area contributed by atoms with Crippen LogP contribution in [-0.4, -0.2) is 11.4 Å². The second-order valence-electron chi connectivity index (χ2n) is 3.29. The number of carbonyl (C=O) groups is 1. The molecule has 0 saturated heterocycles. The lowest BCUT2D eigenvalue weighted by Crippen LogP contribution is -2.11. The number of aliphatic hydroxyl groups excluding tert-OH is 1. The molecule has 0 saturated carbocycles. The first kappa shape index (κ1) is 10.3. The lowest BCUT2D eigenvalue weighted by Gasteiger charge is -2.22. The molecule has 0 spiro atoms. The van der Waals surface area contributed by atoms with Gasteiger partial charge in [-0.25, -0.2) is 0 Å². The molecule has 1 aliphatic carbocycles. The molecule has 1 rings (SSSR count). The van der Waals surface area contributed by atoms with Crippen LogP contribution < -0.4 is 0 Å². The predicted octanol–water partition coefficient (Wildman–Crippen LogP) is 2.94. The molecule has 0 amide bonds. The van der Waals surface area contributed by atoms with E-state index in [0.29, 0.717) is 22.1 Å². The number of hydrogen-bond acceptors (Lipinski definition) is 2. The molecule has 0 aromatic heterocycles. The molecule has 1 N–H and O–H groups in total. The van der Waals surface area contributed by atoms with Gasteiger partial charge in [-0.15, -0.1) is 0 Å². The molecule has 1 atom stereocenters. The topological polar surface area (TPSA) is 37.3 Å². The zero-order valence-corrected chi connectivity index (χ0v) is 8.34. The summed E-state index contributed by atoms with van der Waals surface area (Å²) < 4.78 is 0. The highest BCUT2D eigenvalue weighted by atomic mass is 35.5. The highest BCUT2D eigenvalue weighted by molar-refractivity contribution is 6.33. The van der Waals surface area contributed by atoms with Crippen LogP contribution in [0.1, 0.15) is 26.2 Å². The van der Waals surface area contributed by atoms with Crippen molar-refractivity contribution in [2.75, 3.05) is 0 Å². The molecular weight excluding hydrogens is 188 g/mol. The molecule has 0 heterocycles. The molecule has 0 fully saturated rings. The van der Waals surface area contributed by atoms with Crippen LogP contribution in [0.25, 0.3) is 0 Å². The van der Waals surface area contributed by atoms with E-state index >= 15 is 0 Å². The van der Waals surface area contributed by atoms with Gasteiger partial charge in [-0.05, 0) is 18.8 Å². The van der Waals surface area contributed by atoms with E-state index in [0.717, 1.165) is 31.8 Å². The SMILES string of the molecule is CCC1CC(=CO)C(Cl)=C(C=O)C1. The van der Waals surface area contributed by atoms with Crippen molar-refractivity contribution in [2.24, 2.45) is 5.92 Å². The number of carbonyl (C=O) groups excluding carboxylic acids is 1. The summed E-state index contributed by atoms with van der Waals surface area (Å²) in [7, 11) is 0. The minimum atomic E-state index is 0.432. The summed E-state index contributed by atoms with van der Waals surface area (Å²) in [6.07, 6.45) is 4.29. The van der Waals surface area contributed by atoms with E-state index < -0.39 is 0 Å². The molecule has 0 radical (unpaired) electrons. The molecule has 2 nitrogen and oxygen atoms in total. The summed E-state index contributed by atoms with van der Waals surface area (Å²) in [5.41, 5.74) is 1.29. The van der Waals surface area contributed by atoms with E-state index in [4.69, 9.17) is 16.7 Å². The Morgan fingerprint density at radius 2 is 2.31 bits per heavy atom. The maximum absolute atomic E-state index is 10.6. The van der Waals surface area contributed by atoms with Crippen LogP contribution in [0.4, 0.5) is 0 Å². The second-order valence-corrected chi connectivity index (χ2v) is 3.67. The maximum Gasteiger partial charge on any atom is 0.147 e. The average molecular weight is 201 g/mol. The van der Waals surface area contributed by atoms with Crippen LogP contribution in [0.3, 0.4) is 0 Å². The number of halogens is 1. The second kappa shape index (κ2) is 4.47. The van der Waals surface area contributed by atoms with Gasteiger partial charge in [0.2, 0.25) is 0 Å². The van der Waals surface area contributed by atoms with Crippen molar-refractivity contribution in [1.29, 1.82) is 0 Å². The summed E-state index contributed by atoms with van der Waals surface area (Å²) in [5, 5.41) is 9.32. The number of aliphatic hydroxyl groups is 1. The van der Waals surface area contributed by atoms with Gasteiger partial charge in [0.15, 0.2) is 0 Å². The monoisotopic (exact) mass is 200 g/mol. The molecule has 1 aliphatic rings. The highest BCUT2D eigenvalue weighted by Gasteiger charge is 2.22. The predicted molar refractivity (Wildman–Crippen MR) is 52.7 cm³/mol. The summed E-state index contributed by atoms with van der Waals surface area (Å²) in [4.78, 5) is 10.6. The first-order valence-electron chi connectivity index (χ1n) is 4.40. The Bertz CT molecular complexity index is 266. The van der Waals surface area contributed by atoms with Crippen molar-refractivity contribution in [3.8, 4) is 0 Å². The first-order valence-corrected chi connectivity index (χ1v) is 4.78. The van der Waals surface area contributed by atoms with Crippen molar-refractivity contribution in [3.63, 3.8) is 0 Å². The Morgan fingerprint density at radius 3 is 2.77 bits per heavy atom. The quantitative estimate of drug-likeness (QED) is 0.550. The van der Waals surface area contributed by atoms with Gasteiger partial charge in [0, 0.05) is 11.1 Å². The van der Waals surface area contributed by atoms with Gasteiger partial charge >= 0.3 is 0 Å². The van der Waals surface area contributed by atoms with E-state index in [1.165, 1.54) is 0 Å². The fourth-order valence-corrected chi connectivity index (χ4v) is 1.83. The van der Waals surface area contributed by atoms with Crippen molar-refractivity contribution in [2.45, 2.75) is 26.2 Å². The van der Waals surface area contributed by atoms with E-state index in [1.807, 2.05) is 0 Å². The minimum absolute atomic E-state index is 0.432. The van der Waals surface area contributed by atoms with E-state index in [1.54, 1.807) is 0 Å². The molecule has 0 bridgehead atoms. The smallest absolute Gasteiger partial charge is 0.147 e. The van der Waals surface area contributed by atoms with Crippen LogP contribution in [0.15, 0.2) is 22.4 Å². The highest BCUT2D eigenvalue weighted by Crippen LogP contribution is 2.36. The number of hydrogen-bond donors (Lipinski definition) is 1. The third-order valence-corrected chi connectivity index (χ3v) is 2.94. The Balaban J connectivity index is 2.96. The van der Waals surface area contributed by atoms with Gasteiger partial charge in [0.05, 0.1) is 11.3 Å². The lowest BCUT2D eigenvalue weighted by molar-refractivity contribution is -0.105. The first-order chi connectivity index (χ1) is 6.22. The van der Waals surface area contributed by atoms with Crippen LogP contribution in [0.5, 0.6) is 0 Å². The number of rotatable bonds is 2. The van der Waals surface area contributed by atoms with Crippen LogP contribution in [0, 0.1) is 5.92 Å². The van der Waals surface area contributed by atoms with E-state index in [2.05, 4.69) is 6.92 Å². The third-order valence-electron chi connectivity index (χ3n) is 2.46. The van der Waals surface area contributed by atoms with Crippen molar-refractivity contribution in [1.82, 2.24) is 0 Å². The summed E-state index contributed by atoms with van der Waals surface area (Å²) in [6.45, 7) is 2.07. The van der Waals surface area contributed by atoms with Gasteiger partial charge < -0.3 is 5.11 Å². The van der Waals surface area contributed by atoms with Gasteiger partial charge in [-0.2, -0.15) is 0 Å². The Labute approximate surface area is 82.9 Å². The van der Waals surface area contributed by atoms with Crippen LogP contribution in [-0.2, 0) is 4.79 Å². The molecular formula is C10H13ClO2. The largest absolute Gasteiger partial charge is 0.515 e. The van der Waals surface area contributed by atoms with Gasteiger partial charge in [0.1, 0.15) is 6.29 Å². The zero-order chi connectivity index (χ0) is 9.84. The van der Waals surface area contributed by atoms with Crippen molar-refractivity contribution < 1.29 is 9.90 Å². The summed E-state index contributed by atoms with van der Waals surface area (Å²) >= 11 is 5.89. The maximum atomic E-state index is 10.6.